The number of hydrogen-bond acceptors (Lipinski definition) is 5. The monoisotopic (exact) mass is 233 g/mol. The van der Waals surface area contributed by atoms with Gasteiger partial charge in [-0.05, 0) is 11.5 Å². The van der Waals surface area contributed by atoms with E-state index in [-0.39, 0.29) is 0 Å². The minimum atomic E-state index is -1.49. The van der Waals surface area contributed by atoms with Crippen LogP contribution in [0, 0.1) is 0 Å². The molecule has 0 saturated carbocycles. The van der Waals surface area contributed by atoms with Crippen molar-refractivity contribution in [2.45, 2.75) is 6.54 Å². The SMILES string of the molecule is COc1ccc(B(O)O)cc1Cn1cncn1. The van der Waals surface area contributed by atoms with E-state index in [9.17, 15) is 0 Å². The molecule has 0 aliphatic carbocycles. The second kappa shape index (κ2) is 4.98. The molecule has 0 spiro atoms. The summed E-state index contributed by atoms with van der Waals surface area (Å²) in [5.74, 6) is 0.671. The summed E-state index contributed by atoms with van der Waals surface area (Å²) in [5.41, 5.74) is 1.23. The summed E-state index contributed by atoms with van der Waals surface area (Å²) in [4.78, 5) is 3.84. The Hall–Kier alpha value is -1.86. The molecule has 0 saturated heterocycles. The van der Waals surface area contributed by atoms with Gasteiger partial charge in [0.05, 0.1) is 13.7 Å². The molecule has 0 atom stereocenters. The van der Waals surface area contributed by atoms with Gasteiger partial charge in [-0.15, -0.1) is 0 Å². The molecule has 1 aromatic carbocycles. The van der Waals surface area contributed by atoms with E-state index in [0.29, 0.717) is 17.8 Å². The standard InChI is InChI=1S/C10H12BN3O3/c1-17-10-3-2-9(11(15)16)4-8(10)5-14-7-12-6-13-14/h2-4,6-7,15-16H,5H2,1H3. The maximum Gasteiger partial charge on any atom is 0.488 e. The molecule has 7 heteroatoms. The lowest BCUT2D eigenvalue weighted by molar-refractivity contribution is 0.407. The Bertz CT molecular complexity index is 488. The molecule has 1 aromatic heterocycles. The summed E-state index contributed by atoms with van der Waals surface area (Å²) < 4.78 is 6.83. The van der Waals surface area contributed by atoms with Crippen molar-refractivity contribution < 1.29 is 14.8 Å². The molecular formula is C10H12BN3O3. The van der Waals surface area contributed by atoms with Crippen LogP contribution in [0.25, 0.3) is 0 Å². The summed E-state index contributed by atoms with van der Waals surface area (Å²) in [7, 11) is 0.0743. The van der Waals surface area contributed by atoms with Crippen LogP contribution in [0.4, 0.5) is 0 Å². The number of ether oxygens (including phenoxy) is 1. The first-order valence-electron chi connectivity index (χ1n) is 5.06. The number of hydrogen-bond donors (Lipinski definition) is 2. The minimum absolute atomic E-state index is 0.418. The van der Waals surface area contributed by atoms with Gasteiger partial charge in [0.1, 0.15) is 18.4 Å². The Morgan fingerprint density at radius 2 is 2.24 bits per heavy atom. The van der Waals surface area contributed by atoms with E-state index < -0.39 is 7.12 Å². The number of methoxy groups -OCH3 is 1. The van der Waals surface area contributed by atoms with Gasteiger partial charge in [0.2, 0.25) is 0 Å². The largest absolute Gasteiger partial charge is 0.496 e. The predicted molar refractivity (Wildman–Crippen MR) is 61.9 cm³/mol. The molecule has 0 amide bonds. The van der Waals surface area contributed by atoms with Crippen molar-refractivity contribution in [3.05, 3.63) is 36.4 Å². The van der Waals surface area contributed by atoms with E-state index in [1.54, 1.807) is 36.3 Å². The van der Waals surface area contributed by atoms with E-state index >= 15 is 0 Å². The molecule has 2 N–H and O–H groups in total. The summed E-state index contributed by atoms with van der Waals surface area (Å²) in [6.07, 6.45) is 3.03. The zero-order valence-corrected chi connectivity index (χ0v) is 9.32. The molecule has 0 aliphatic rings. The summed E-state index contributed by atoms with van der Waals surface area (Å²) >= 11 is 0. The van der Waals surface area contributed by atoms with Gasteiger partial charge in [-0.1, -0.05) is 12.1 Å². The highest BCUT2D eigenvalue weighted by molar-refractivity contribution is 6.58. The van der Waals surface area contributed by atoms with Crippen LogP contribution in [0.1, 0.15) is 5.56 Å². The molecule has 0 unspecified atom stereocenters. The fraction of sp³-hybridized carbons (Fsp3) is 0.200. The Morgan fingerprint density at radius 3 is 2.82 bits per heavy atom. The van der Waals surface area contributed by atoms with Gasteiger partial charge in [-0.2, -0.15) is 5.10 Å². The first-order valence-corrected chi connectivity index (χ1v) is 5.06. The van der Waals surface area contributed by atoms with Gasteiger partial charge in [-0.25, -0.2) is 9.67 Å². The van der Waals surface area contributed by atoms with Crippen molar-refractivity contribution >= 4 is 12.6 Å². The summed E-state index contributed by atoms with van der Waals surface area (Å²) in [6, 6.07) is 4.97. The second-order valence-corrected chi connectivity index (χ2v) is 3.54. The van der Waals surface area contributed by atoms with Gasteiger partial charge in [-0.3, -0.25) is 0 Å². The third-order valence-electron chi connectivity index (χ3n) is 2.40. The number of aromatic nitrogens is 3. The van der Waals surface area contributed by atoms with Crippen molar-refractivity contribution in [2.75, 3.05) is 7.11 Å². The van der Waals surface area contributed by atoms with E-state index in [1.165, 1.54) is 6.33 Å². The normalized spacial score (nSPS) is 10.3. The molecule has 2 aromatic rings. The first-order chi connectivity index (χ1) is 8.20. The van der Waals surface area contributed by atoms with Crippen molar-refractivity contribution in [1.82, 2.24) is 14.8 Å². The highest BCUT2D eigenvalue weighted by atomic mass is 16.5. The van der Waals surface area contributed by atoms with Gasteiger partial charge in [0.15, 0.2) is 0 Å². The fourth-order valence-corrected chi connectivity index (χ4v) is 1.57. The van der Waals surface area contributed by atoms with Gasteiger partial charge >= 0.3 is 7.12 Å². The fourth-order valence-electron chi connectivity index (χ4n) is 1.57. The Balaban J connectivity index is 2.32. The van der Waals surface area contributed by atoms with Crippen LogP contribution in [-0.4, -0.2) is 39.0 Å². The van der Waals surface area contributed by atoms with Crippen LogP contribution < -0.4 is 10.2 Å². The average molecular weight is 233 g/mol. The molecule has 0 radical (unpaired) electrons. The number of rotatable bonds is 4. The minimum Gasteiger partial charge on any atom is -0.496 e. The Kier molecular flexibility index (Phi) is 3.41. The molecule has 0 aliphatic heterocycles. The van der Waals surface area contributed by atoms with E-state index in [2.05, 4.69) is 10.1 Å². The maximum absolute atomic E-state index is 9.12. The molecule has 2 rings (SSSR count). The van der Waals surface area contributed by atoms with E-state index in [1.807, 2.05) is 0 Å². The van der Waals surface area contributed by atoms with Crippen molar-refractivity contribution in [3.8, 4) is 5.75 Å². The van der Waals surface area contributed by atoms with E-state index in [4.69, 9.17) is 14.8 Å². The zero-order chi connectivity index (χ0) is 12.3. The second-order valence-electron chi connectivity index (χ2n) is 3.54. The topological polar surface area (TPSA) is 80.4 Å². The number of benzene rings is 1. The van der Waals surface area contributed by atoms with Crippen LogP contribution >= 0.6 is 0 Å². The van der Waals surface area contributed by atoms with Gasteiger partial charge < -0.3 is 14.8 Å². The Morgan fingerprint density at radius 1 is 1.41 bits per heavy atom. The molecule has 17 heavy (non-hydrogen) atoms. The molecule has 6 nitrogen and oxygen atoms in total. The zero-order valence-electron chi connectivity index (χ0n) is 9.32. The highest BCUT2D eigenvalue weighted by Gasteiger charge is 2.14. The number of nitrogens with zero attached hydrogens (tertiary/aromatic N) is 3. The molecule has 88 valence electrons. The third-order valence-corrected chi connectivity index (χ3v) is 2.40. The Labute approximate surface area is 98.6 Å². The first kappa shape index (κ1) is 11.6. The van der Waals surface area contributed by atoms with Crippen LogP contribution in [0.5, 0.6) is 5.75 Å². The third kappa shape index (κ3) is 2.63. The maximum atomic E-state index is 9.12. The van der Waals surface area contributed by atoms with Crippen LogP contribution in [0.2, 0.25) is 0 Å². The lowest BCUT2D eigenvalue weighted by Gasteiger charge is -2.10. The lowest BCUT2D eigenvalue weighted by atomic mass is 9.79. The van der Waals surface area contributed by atoms with Crippen molar-refractivity contribution in [1.29, 1.82) is 0 Å². The van der Waals surface area contributed by atoms with Crippen LogP contribution in [0.3, 0.4) is 0 Å². The average Bonchev–Trinajstić information content (AvgIpc) is 2.81. The molecule has 1 heterocycles. The smallest absolute Gasteiger partial charge is 0.488 e. The highest BCUT2D eigenvalue weighted by Crippen LogP contribution is 2.17. The van der Waals surface area contributed by atoms with Crippen LogP contribution in [-0.2, 0) is 6.54 Å². The molecule has 0 fully saturated rings. The van der Waals surface area contributed by atoms with Gasteiger partial charge in [0.25, 0.3) is 0 Å². The quantitative estimate of drug-likeness (QED) is 0.663. The summed E-state index contributed by atoms with van der Waals surface area (Å²) in [5, 5.41) is 22.2. The summed E-state index contributed by atoms with van der Waals surface area (Å²) in [6.45, 7) is 0.462. The van der Waals surface area contributed by atoms with Crippen molar-refractivity contribution in [3.63, 3.8) is 0 Å². The van der Waals surface area contributed by atoms with Crippen molar-refractivity contribution in [2.24, 2.45) is 0 Å². The molecule has 0 bridgehead atoms. The van der Waals surface area contributed by atoms with Gasteiger partial charge in [0, 0.05) is 5.56 Å². The molecular weight excluding hydrogens is 221 g/mol. The lowest BCUT2D eigenvalue weighted by Crippen LogP contribution is -2.30. The predicted octanol–water partition coefficient (Wildman–Crippen LogP) is -0.985. The van der Waals surface area contributed by atoms with Crippen LogP contribution in [0.15, 0.2) is 30.9 Å². The van der Waals surface area contributed by atoms with E-state index in [0.717, 1.165) is 5.56 Å².